The summed E-state index contributed by atoms with van der Waals surface area (Å²) in [7, 11) is 0. The lowest BCUT2D eigenvalue weighted by atomic mass is 9.92. The third-order valence-electron chi connectivity index (χ3n) is 6.73. The first kappa shape index (κ1) is 21.7. The van der Waals surface area contributed by atoms with Crippen LogP contribution in [0.2, 0.25) is 0 Å². The molecule has 2 atom stereocenters. The van der Waals surface area contributed by atoms with Gasteiger partial charge in [-0.2, -0.15) is 0 Å². The van der Waals surface area contributed by atoms with Crippen LogP contribution < -0.4 is 10.2 Å². The van der Waals surface area contributed by atoms with Gasteiger partial charge < -0.3 is 15.1 Å². The molecule has 3 amide bonds. The SMILES string of the molecule is O=C(NC1CCCCC1)C1CCCN(C(=O)C2CC(=O)N(c3ccc(F)cc3F)C2)C1. The summed E-state index contributed by atoms with van der Waals surface area (Å²) in [6.07, 6.45) is 7.01. The van der Waals surface area contributed by atoms with Gasteiger partial charge in [-0.15, -0.1) is 0 Å². The van der Waals surface area contributed by atoms with Gasteiger partial charge in [0.15, 0.2) is 0 Å². The lowest BCUT2D eigenvalue weighted by molar-refractivity contribution is -0.139. The molecule has 8 heteroatoms. The van der Waals surface area contributed by atoms with E-state index in [0.717, 1.165) is 50.7 Å². The maximum atomic E-state index is 14.1. The Morgan fingerprint density at radius 2 is 1.74 bits per heavy atom. The number of nitrogens with zero attached hydrogens (tertiary/aromatic N) is 2. The van der Waals surface area contributed by atoms with Gasteiger partial charge in [-0.3, -0.25) is 14.4 Å². The average Bonchev–Trinajstić information content (AvgIpc) is 3.15. The molecule has 0 aromatic heterocycles. The van der Waals surface area contributed by atoms with Crippen molar-refractivity contribution in [3.8, 4) is 0 Å². The Hall–Kier alpha value is -2.51. The predicted octanol–water partition coefficient (Wildman–Crippen LogP) is 3.01. The van der Waals surface area contributed by atoms with Crippen molar-refractivity contribution in [1.82, 2.24) is 10.2 Å². The highest BCUT2D eigenvalue weighted by molar-refractivity contribution is 6.00. The van der Waals surface area contributed by atoms with Gasteiger partial charge in [0.2, 0.25) is 17.7 Å². The Morgan fingerprint density at radius 1 is 0.968 bits per heavy atom. The van der Waals surface area contributed by atoms with E-state index in [1.807, 2.05) is 0 Å². The van der Waals surface area contributed by atoms with E-state index in [2.05, 4.69) is 5.32 Å². The normalized spacial score (nSPS) is 25.0. The van der Waals surface area contributed by atoms with E-state index in [1.54, 1.807) is 4.90 Å². The summed E-state index contributed by atoms with van der Waals surface area (Å²) in [5.41, 5.74) is -0.00918. The van der Waals surface area contributed by atoms with Gasteiger partial charge in [0.05, 0.1) is 17.5 Å². The minimum atomic E-state index is -0.820. The lowest BCUT2D eigenvalue weighted by Crippen LogP contribution is -2.49. The van der Waals surface area contributed by atoms with E-state index in [4.69, 9.17) is 0 Å². The number of hydrogen-bond donors (Lipinski definition) is 1. The van der Waals surface area contributed by atoms with Crippen LogP contribution in [-0.4, -0.2) is 48.3 Å². The zero-order valence-corrected chi connectivity index (χ0v) is 17.6. The Bertz CT molecular complexity index is 856. The fourth-order valence-corrected chi connectivity index (χ4v) is 5.02. The summed E-state index contributed by atoms with van der Waals surface area (Å²) in [5, 5.41) is 3.15. The number of anilines is 1. The third kappa shape index (κ3) is 4.88. The molecule has 1 aromatic carbocycles. The average molecular weight is 433 g/mol. The predicted molar refractivity (Wildman–Crippen MR) is 111 cm³/mol. The van der Waals surface area contributed by atoms with Crippen molar-refractivity contribution in [3.05, 3.63) is 29.8 Å². The second-order valence-electron chi connectivity index (χ2n) is 8.97. The van der Waals surface area contributed by atoms with Gasteiger partial charge in [0, 0.05) is 38.2 Å². The second kappa shape index (κ2) is 9.32. The van der Waals surface area contributed by atoms with E-state index >= 15 is 0 Å². The van der Waals surface area contributed by atoms with Crippen LogP contribution in [0.5, 0.6) is 0 Å². The fourth-order valence-electron chi connectivity index (χ4n) is 5.02. The van der Waals surface area contributed by atoms with Crippen molar-refractivity contribution in [3.63, 3.8) is 0 Å². The maximum Gasteiger partial charge on any atom is 0.228 e. The van der Waals surface area contributed by atoms with E-state index in [-0.39, 0.29) is 48.3 Å². The summed E-state index contributed by atoms with van der Waals surface area (Å²) in [6.45, 7) is 0.976. The van der Waals surface area contributed by atoms with Crippen LogP contribution in [-0.2, 0) is 14.4 Å². The van der Waals surface area contributed by atoms with Crippen LogP contribution in [0.3, 0.4) is 0 Å². The molecule has 1 aromatic rings. The summed E-state index contributed by atoms with van der Waals surface area (Å²) >= 11 is 0. The molecule has 1 saturated carbocycles. The molecule has 31 heavy (non-hydrogen) atoms. The molecule has 2 aliphatic heterocycles. The number of benzene rings is 1. The number of likely N-dealkylation sites (tertiary alicyclic amines) is 1. The van der Waals surface area contributed by atoms with Crippen molar-refractivity contribution in [1.29, 1.82) is 0 Å². The molecule has 3 aliphatic rings. The van der Waals surface area contributed by atoms with Crippen molar-refractivity contribution in [2.75, 3.05) is 24.5 Å². The summed E-state index contributed by atoms with van der Waals surface area (Å²) in [6, 6.07) is 3.29. The topological polar surface area (TPSA) is 69.7 Å². The van der Waals surface area contributed by atoms with E-state index in [9.17, 15) is 23.2 Å². The van der Waals surface area contributed by atoms with Crippen molar-refractivity contribution in [2.24, 2.45) is 11.8 Å². The van der Waals surface area contributed by atoms with Gasteiger partial charge >= 0.3 is 0 Å². The molecule has 0 radical (unpaired) electrons. The second-order valence-corrected chi connectivity index (χ2v) is 8.97. The molecule has 3 fully saturated rings. The van der Waals surface area contributed by atoms with Gasteiger partial charge in [-0.05, 0) is 37.8 Å². The molecule has 0 spiro atoms. The first-order chi connectivity index (χ1) is 14.9. The van der Waals surface area contributed by atoms with E-state index in [0.29, 0.717) is 13.1 Å². The lowest BCUT2D eigenvalue weighted by Gasteiger charge is -2.34. The molecule has 2 saturated heterocycles. The Kier molecular flexibility index (Phi) is 6.53. The van der Waals surface area contributed by atoms with Crippen molar-refractivity contribution in [2.45, 2.75) is 57.4 Å². The van der Waals surface area contributed by atoms with Gasteiger partial charge in [0.1, 0.15) is 11.6 Å². The summed E-state index contributed by atoms with van der Waals surface area (Å²) in [4.78, 5) is 41.1. The van der Waals surface area contributed by atoms with Crippen LogP contribution in [0.1, 0.15) is 51.4 Å². The van der Waals surface area contributed by atoms with Gasteiger partial charge in [-0.1, -0.05) is 19.3 Å². The minimum absolute atomic E-state index is 0.00884. The molecule has 2 unspecified atom stereocenters. The number of nitrogens with one attached hydrogen (secondary N) is 1. The highest BCUT2D eigenvalue weighted by atomic mass is 19.1. The first-order valence-corrected chi connectivity index (χ1v) is 11.3. The van der Waals surface area contributed by atoms with E-state index < -0.39 is 17.6 Å². The van der Waals surface area contributed by atoms with Crippen LogP contribution >= 0.6 is 0 Å². The third-order valence-corrected chi connectivity index (χ3v) is 6.73. The van der Waals surface area contributed by atoms with Crippen LogP contribution in [0, 0.1) is 23.5 Å². The monoisotopic (exact) mass is 433 g/mol. The summed E-state index contributed by atoms with van der Waals surface area (Å²) < 4.78 is 27.3. The Labute approximate surface area is 181 Å². The number of piperidine rings is 1. The Balaban J connectivity index is 1.36. The highest BCUT2D eigenvalue weighted by Crippen LogP contribution is 2.30. The highest BCUT2D eigenvalue weighted by Gasteiger charge is 2.40. The molecule has 6 nitrogen and oxygen atoms in total. The number of halogens is 2. The number of carbonyl (C=O) groups is 3. The number of hydrogen-bond acceptors (Lipinski definition) is 3. The number of rotatable bonds is 4. The minimum Gasteiger partial charge on any atom is -0.353 e. The van der Waals surface area contributed by atoms with Crippen molar-refractivity contribution >= 4 is 23.4 Å². The molecule has 1 N–H and O–H groups in total. The maximum absolute atomic E-state index is 14.1. The zero-order chi connectivity index (χ0) is 22.0. The fraction of sp³-hybridized carbons (Fsp3) is 0.609. The quantitative estimate of drug-likeness (QED) is 0.794. The number of carbonyl (C=O) groups excluding carboxylic acids is 3. The Morgan fingerprint density at radius 3 is 2.48 bits per heavy atom. The molecular formula is C23H29F2N3O3. The van der Waals surface area contributed by atoms with Gasteiger partial charge in [-0.25, -0.2) is 8.78 Å². The van der Waals surface area contributed by atoms with Crippen LogP contribution in [0.4, 0.5) is 14.5 Å². The van der Waals surface area contributed by atoms with E-state index in [1.165, 1.54) is 17.4 Å². The standard InChI is InChI=1S/C23H29F2N3O3/c24-17-8-9-20(19(25)12-17)28-14-16(11-21(28)29)23(31)27-10-4-5-15(13-27)22(30)26-18-6-2-1-3-7-18/h8-9,12,15-16,18H,1-7,10-11,13-14H2,(H,26,30). The molecular weight excluding hydrogens is 404 g/mol. The van der Waals surface area contributed by atoms with Crippen LogP contribution in [0.25, 0.3) is 0 Å². The molecule has 168 valence electrons. The molecule has 1 aliphatic carbocycles. The smallest absolute Gasteiger partial charge is 0.228 e. The van der Waals surface area contributed by atoms with Crippen molar-refractivity contribution < 1.29 is 23.2 Å². The number of amides is 3. The molecule has 4 rings (SSSR count). The first-order valence-electron chi connectivity index (χ1n) is 11.3. The molecule has 2 heterocycles. The zero-order valence-electron chi connectivity index (χ0n) is 17.6. The van der Waals surface area contributed by atoms with Crippen LogP contribution in [0.15, 0.2) is 18.2 Å². The molecule has 0 bridgehead atoms. The summed E-state index contributed by atoms with van der Waals surface area (Å²) in [5.74, 6) is -2.87. The largest absolute Gasteiger partial charge is 0.353 e. The van der Waals surface area contributed by atoms with Gasteiger partial charge in [0.25, 0.3) is 0 Å².